The van der Waals surface area contributed by atoms with E-state index < -0.39 is 80.2 Å². The number of hydrogen-bond acceptors (Lipinski definition) is 2. The predicted molar refractivity (Wildman–Crippen MR) is 80.8 cm³/mol. The molecule has 0 radical (unpaired) electrons. The van der Waals surface area contributed by atoms with Crippen molar-refractivity contribution in [1.29, 1.82) is 0 Å². The zero-order valence-corrected chi connectivity index (χ0v) is 17.5. The molecule has 3 nitrogen and oxygen atoms in total. The highest BCUT2D eigenvalue weighted by Crippen LogP contribution is 2.66. The summed E-state index contributed by atoms with van der Waals surface area (Å²) in [5.74, 6) is -68.6. The molecule has 38 heavy (non-hydrogen) atoms. The first kappa shape index (κ1) is 33.8. The van der Waals surface area contributed by atoms with E-state index in [1.807, 2.05) is 0 Å². The van der Waals surface area contributed by atoms with Crippen molar-refractivity contribution < 1.29 is 96.4 Å². The van der Waals surface area contributed by atoms with Crippen molar-refractivity contribution in [3.05, 3.63) is 29.8 Å². The van der Waals surface area contributed by atoms with E-state index in [1.54, 1.807) is 0 Å². The molecule has 0 aliphatic rings. The molecule has 0 aromatic heterocycles. The highest BCUT2D eigenvalue weighted by atomic mass is 32.2. The maximum atomic E-state index is 14.2. The highest BCUT2D eigenvalue weighted by Gasteiger charge is 2.96. The Labute approximate surface area is 195 Å². The fraction of sp³-hybridized carbons (Fsp3) is 0.600. The van der Waals surface area contributed by atoms with Crippen LogP contribution in [-0.2, 0) is 16.0 Å². The summed E-state index contributed by atoms with van der Waals surface area (Å²) < 4.78 is 284. The zero-order valence-electron chi connectivity index (χ0n) is 16.7. The Balaban J connectivity index is 3.91. The first-order valence-corrected chi connectivity index (χ1v) is 9.83. The second-order valence-electron chi connectivity index (χ2n) is 7.06. The molecule has 1 rings (SSSR count). The normalized spacial score (nSPS) is 16.1. The molecule has 1 aromatic rings. The lowest BCUT2D eigenvalue weighted by Gasteiger charge is -2.43. The van der Waals surface area contributed by atoms with Crippen molar-refractivity contribution in [1.82, 2.24) is 0 Å². The molecular weight excluding hydrogens is 621 g/mol. The summed E-state index contributed by atoms with van der Waals surface area (Å²) in [5, 5.41) is 0. The molecule has 0 saturated carbocycles. The molecule has 0 heterocycles. The second-order valence-corrected chi connectivity index (χ2v) is 8.45. The van der Waals surface area contributed by atoms with Crippen LogP contribution in [0, 0.1) is 0 Å². The molecule has 0 spiro atoms. The minimum absolute atomic E-state index is 0.0623. The van der Waals surface area contributed by atoms with E-state index in [1.165, 1.54) is 0 Å². The molecule has 0 unspecified atom stereocenters. The summed E-state index contributed by atoms with van der Waals surface area (Å²) in [5.41, 5.74) is -3.09. The monoisotopic (exact) mass is 626 g/mol. The van der Waals surface area contributed by atoms with Crippen LogP contribution in [0.2, 0.25) is 0 Å². The SMILES string of the molecule is O=S(=O)(O)c1ccccc1C(F)(F)C(F)(F)C(F)(F)C(F)(F)C(F)(F)C(F)(F)C(F)(F)C(F)(F)C(F)(F)F. The molecule has 0 saturated heterocycles. The molecule has 1 N–H and O–H groups in total. The van der Waals surface area contributed by atoms with E-state index in [0.717, 1.165) is 0 Å². The van der Waals surface area contributed by atoms with Crippen molar-refractivity contribution in [2.45, 2.75) is 58.5 Å². The minimum atomic E-state index is -9.09. The van der Waals surface area contributed by atoms with Crippen LogP contribution < -0.4 is 0 Å². The molecule has 0 amide bonds. The fourth-order valence-electron chi connectivity index (χ4n) is 2.48. The van der Waals surface area contributed by atoms with Gasteiger partial charge in [0, 0.05) is 5.56 Å². The third-order valence-corrected chi connectivity index (χ3v) is 5.53. The summed E-state index contributed by atoms with van der Waals surface area (Å²) in [6.45, 7) is 0. The Morgan fingerprint density at radius 2 is 0.763 bits per heavy atom. The molecule has 222 valence electrons. The maximum absolute atomic E-state index is 14.2. The number of alkyl halides is 19. The number of halogens is 19. The quantitative estimate of drug-likeness (QED) is 0.237. The number of hydrogen-bond donors (Lipinski definition) is 1. The summed E-state index contributed by atoms with van der Waals surface area (Å²) in [6, 6.07) is -0.554. The maximum Gasteiger partial charge on any atom is 0.460 e. The van der Waals surface area contributed by atoms with Gasteiger partial charge in [0.2, 0.25) is 0 Å². The summed E-state index contributed by atoms with van der Waals surface area (Å²) in [6.07, 6.45) is -7.98. The number of rotatable bonds is 9. The summed E-state index contributed by atoms with van der Waals surface area (Å²) in [7, 11) is -6.16. The van der Waals surface area contributed by atoms with Gasteiger partial charge in [0.1, 0.15) is 4.90 Å². The van der Waals surface area contributed by atoms with Crippen LogP contribution in [-0.4, -0.2) is 60.6 Å². The molecule has 1 aromatic carbocycles. The predicted octanol–water partition coefficient (Wildman–Crippen LogP) is 7.03. The van der Waals surface area contributed by atoms with Gasteiger partial charge in [-0.1, -0.05) is 18.2 Å². The van der Waals surface area contributed by atoms with E-state index >= 15 is 0 Å². The topological polar surface area (TPSA) is 54.4 Å². The van der Waals surface area contributed by atoms with Crippen LogP contribution in [0.3, 0.4) is 0 Å². The van der Waals surface area contributed by atoms with Gasteiger partial charge in [0.05, 0.1) is 0 Å². The molecule has 0 aliphatic heterocycles. The first-order chi connectivity index (χ1) is 16.2. The zero-order chi connectivity index (χ0) is 31.0. The molecule has 0 atom stereocenters. The largest absolute Gasteiger partial charge is 0.460 e. The van der Waals surface area contributed by atoms with Crippen molar-refractivity contribution >= 4 is 10.1 Å². The van der Waals surface area contributed by atoms with Gasteiger partial charge in [-0.3, -0.25) is 4.55 Å². The van der Waals surface area contributed by atoms with Crippen molar-refractivity contribution in [3.63, 3.8) is 0 Å². The van der Waals surface area contributed by atoms with Gasteiger partial charge in [-0.15, -0.1) is 0 Å². The molecule has 23 heteroatoms. The van der Waals surface area contributed by atoms with Crippen LogP contribution in [0.4, 0.5) is 83.4 Å². The standard InChI is InChI=1S/C15H5F19O3S/c16-7(17,5-3-1-2-4-6(5)38(35,36)37)8(18,19)9(20,21)10(22,23)11(24,25)12(26,27)13(28,29)14(30,31)15(32,33)34/h1-4H,(H,35,36,37). The smallest absolute Gasteiger partial charge is 0.282 e. The Kier molecular flexibility index (Phi) is 7.70. The molecule has 0 aliphatic carbocycles. The van der Waals surface area contributed by atoms with Crippen molar-refractivity contribution in [2.75, 3.05) is 0 Å². The van der Waals surface area contributed by atoms with Gasteiger partial charge in [0.15, 0.2) is 0 Å². The first-order valence-electron chi connectivity index (χ1n) is 8.39. The third kappa shape index (κ3) is 4.22. The van der Waals surface area contributed by atoms with Gasteiger partial charge in [-0.05, 0) is 6.07 Å². The molecule has 0 fully saturated rings. The Morgan fingerprint density at radius 1 is 0.474 bits per heavy atom. The fourth-order valence-corrected chi connectivity index (χ4v) is 3.21. The Hall–Kier alpha value is -2.20. The van der Waals surface area contributed by atoms with Gasteiger partial charge in [0.25, 0.3) is 10.1 Å². The van der Waals surface area contributed by atoms with E-state index in [2.05, 4.69) is 0 Å². The number of benzene rings is 1. The highest BCUT2D eigenvalue weighted by molar-refractivity contribution is 7.85. The Bertz CT molecular complexity index is 1150. The van der Waals surface area contributed by atoms with Gasteiger partial charge < -0.3 is 0 Å². The minimum Gasteiger partial charge on any atom is -0.282 e. The van der Waals surface area contributed by atoms with E-state index in [9.17, 15) is 91.8 Å². The van der Waals surface area contributed by atoms with E-state index in [-0.39, 0.29) is 12.1 Å². The lowest BCUT2D eigenvalue weighted by atomic mass is 9.86. The van der Waals surface area contributed by atoms with E-state index in [4.69, 9.17) is 4.55 Å². The second kappa shape index (κ2) is 8.65. The molecular formula is C15H5F19O3S. The van der Waals surface area contributed by atoms with Crippen LogP contribution in [0.25, 0.3) is 0 Å². The van der Waals surface area contributed by atoms with Crippen molar-refractivity contribution in [2.24, 2.45) is 0 Å². The van der Waals surface area contributed by atoms with Gasteiger partial charge in [-0.2, -0.15) is 91.8 Å². The van der Waals surface area contributed by atoms with Crippen molar-refractivity contribution in [3.8, 4) is 0 Å². The Morgan fingerprint density at radius 3 is 1.08 bits per heavy atom. The van der Waals surface area contributed by atoms with Crippen LogP contribution >= 0.6 is 0 Å². The summed E-state index contributed by atoms with van der Waals surface area (Å²) in [4.78, 5) is -2.49. The van der Waals surface area contributed by atoms with Gasteiger partial charge in [-0.25, -0.2) is 0 Å². The lowest BCUT2D eigenvalue weighted by molar-refractivity contribution is -0.469. The average molecular weight is 626 g/mol. The van der Waals surface area contributed by atoms with Crippen LogP contribution in [0.1, 0.15) is 5.56 Å². The summed E-state index contributed by atoms with van der Waals surface area (Å²) >= 11 is 0. The van der Waals surface area contributed by atoms with Gasteiger partial charge >= 0.3 is 53.6 Å². The lowest BCUT2D eigenvalue weighted by Crippen LogP contribution is -2.75. The molecule has 0 bridgehead atoms. The van der Waals surface area contributed by atoms with Crippen LogP contribution in [0.5, 0.6) is 0 Å². The average Bonchev–Trinajstić information content (AvgIpc) is 2.71. The van der Waals surface area contributed by atoms with Crippen LogP contribution in [0.15, 0.2) is 29.2 Å². The van der Waals surface area contributed by atoms with E-state index in [0.29, 0.717) is 6.07 Å². The third-order valence-electron chi connectivity index (χ3n) is 4.62.